The van der Waals surface area contributed by atoms with E-state index in [1.54, 1.807) is 13.0 Å². The van der Waals surface area contributed by atoms with Crippen molar-refractivity contribution < 1.29 is 31.1 Å². The van der Waals surface area contributed by atoms with Crippen molar-refractivity contribution in [2.24, 2.45) is 0 Å². The number of halogens is 3. The van der Waals surface area contributed by atoms with Crippen LogP contribution in [0.1, 0.15) is 18.4 Å². The van der Waals surface area contributed by atoms with Crippen molar-refractivity contribution in [3.05, 3.63) is 47.9 Å². The van der Waals surface area contributed by atoms with Crippen molar-refractivity contribution in [1.82, 2.24) is 0 Å². The summed E-state index contributed by atoms with van der Waals surface area (Å²) in [5, 5.41) is 12.9. The Morgan fingerprint density at radius 1 is 1.17 bits per heavy atom. The van der Waals surface area contributed by atoms with Crippen LogP contribution in [-0.2, 0) is 15.4 Å². The minimum absolute atomic E-state index is 0.212. The van der Waals surface area contributed by atoms with Crippen LogP contribution < -0.4 is 5.32 Å². The first-order chi connectivity index (χ1) is 10.9. The highest BCUT2D eigenvalue weighted by Gasteiger charge is 2.48. The van der Waals surface area contributed by atoms with Gasteiger partial charge in [-0.3, -0.25) is 0 Å². The lowest BCUT2D eigenvalue weighted by Crippen LogP contribution is -2.31. The first kappa shape index (κ1) is 18.3. The maximum atomic E-state index is 12.8. The van der Waals surface area contributed by atoms with E-state index in [0.29, 0.717) is 5.76 Å². The monoisotopic (exact) mass is 363 g/mol. The third kappa shape index (κ3) is 3.57. The lowest BCUT2D eigenvalue weighted by molar-refractivity contribution is -0.0435. The summed E-state index contributed by atoms with van der Waals surface area (Å²) in [6.07, 6.45) is 0. The second-order valence-corrected chi connectivity index (χ2v) is 7.39. The molecule has 0 aliphatic carbocycles. The quantitative estimate of drug-likeness (QED) is 0.853. The van der Waals surface area contributed by atoms with Crippen LogP contribution in [0.15, 0.2) is 45.7 Å². The topological polar surface area (TPSA) is 79.5 Å². The average molecular weight is 363 g/mol. The van der Waals surface area contributed by atoms with Crippen molar-refractivity contribution in [2.75, 3.05) is 11.9 Å². The van der Waals surface area contributed by atoms with Crippen LogP contribution in [0.3, 0.4) is 0 Å². The largest absolute Gasteiger partial charge is 0.501 e. The molecule has 0 saturated heterocycles. The van der Waals surface area contributed by atoms with Gasteiger partial charge in [0.1, 0.15) is 17.1 Å². The molecule has 0 fully saturated rings. The molecule has 132 valence electrons. The molecule has 2 N–H and O–H groups in total. The normalized spacial score (nSPS) is 15.1. The van der Waals surface area contributed by atoms with E-state index in [-0.39, 0.29) is 18.0 Å². The number of para-hydroxylation sites is 1. The zero-order valence-electron chi connectivity index (χ0n) is 12.9. The summed E-state index contributed by atoms with van der Waals surface area (Å²) in [7, 11) is -5.50. The predicted molar refractivity (Wildman–Crippen MR) is 81.2 cm³/mol. The van der Waals surface area contributed by atoms with Crippen LogP contribution in [0.5, 0.6) is 0 Å². The molecule has 2 rings (SSSR count). The molecule has 0 spiro atoms. The molecule has 0 aliphatic rings. The van der Waals surface area contributed by atoms with Gasteiger partial charge in [-0.25, -0.2) is 8.42 Å². The molecule has 0 radical (unpaired) electrons. The van der Waals surface area contributed by atoms with E-state index < -0.39 is 25.8 Å². The Labute approximate surface area is 137 Å². The van der Waals surface area contributed by atoms with Crippen molar-refractivity contribution in [1.29, 1.82) is 0 Å². The molecule has 1 aromatic carbocycles. The number of benzene rings is 1. The van der Waals surface area contributed by atoms with Crippen molar-refractivity contribution >= 4 is 15.5 Å². The van der Waals surface area contributed by atoms with Gasteiger partial charge in [0.15, 0.2) is 0 Å². The molecule has 0 aliphatic heterocycles. The summed E-state index contributed by atoms with van der Waals surface area (Å²) < 4.78 is 66.8. The predicted octanol–water partition coefficient (Wildman–Crippen LogP) is 3.20. The number of aryl methyl sites for hydroxylation is 1. The summed E-state index contributed by atoms with van der Waals surface area (Å²) in [6, 6.07) is 7.81. The first-order valence-electron chi connectivity index (χ1n) is 6.89. The summed E-state index contributed by atoms with van der Waals surface area (Å²) in [6.45, 7) is 2.84. The second kappa shape index (κ2) is 6.14. The van der Waals surface area contributed by atoms with E-state index in [9.17, 15) is 26.7 Å². The zero-order chi connectivity index (χ0) is 18.2. The highest BCUT2D eigenvalue weighted by molar-refractivity contribution is 7.92. The van der Waals surface area contributed by atoms with Gasteiger partial charge in [-0.05, 0) is 38.1 Å². The van der Waals surface area contributed by atoms with E-state index in [4.69, 9.17) is 4.42 Å². The molecular formula is C15H16F3NO4S. The Hall–Kier alpha value is -2.00. The van der Waals surface area contributed by atoms with Crippen molar-refractivity contribution in [3.63, 3.8) is 0 Å². The smallest absolute Gasteiger partial charge is 0.463 e. The van der Waals surface area contributed by atoms with Gasteiger partial charge in [0.2, 0.25) is 0 Å². The van der Waals surface area contributed by atoms with Gasteiger partial charge < -0.3 is 14.8 Å². The van der Waals surface area contributed by atoms with Gasteiger partial charge in [0.25, 0.3) is 9.84 Å². The minimum Gasteiger partial charge on any atom is -0.463 e. The average Bonchev–Trinajstić information content (AvgIpc) is 2.92. The maximum Gasteiger partial charge on any atom is 0.501 e. The molecule has 24 heavy (non-hydrogen) atoms. The summed E-state index contributed by atoms with van der Waals surface area (Å²) in [4.78, 5) is -0.899. The second-order valence-electron chi connectivity index (χ2n) is 5.48. The number of hydrogen-bond acceptors (Lipinski definition) is 5. The molecule has 0 amide bonds. The number of aliphatic hydroxyl groups is 1. The van der Waals surface area contributed by atoms with Crippen LogP contribution in [0.4, 0.5) is 18.9 Å². The third-order valence-corrected chi connectivity index (χ3v) is 4.92. The Balaban J connectivity index is 2.29. The number of anilines is 1. The Morgan fingerprint density at radius 2 is 1.79 bits per heavy atom. The fraction of sp³-hybridized carbons (Fsp3) is 0.333. The fourth-order valence-electron chi connectivity index (χ4n) is 2.05. The molecule has 5 nitrogen and oxygen atoms in total. The fourth-order valence-corrected chi connectivity index (χ4v) is 2.99. The standard InChI is InChI=1S/C15H16F3NO4S/c1-10-7-8-13(23-10)14(2,20)9-19-11-5-3-4-6-12(11)24(21,22)15(16,17)18/h3-8,19-20H,9H2,1-2H3. The molecule has 0 bridgehead atoms. The SMILES string of the molecule is Cc1ccc(C(C)(O)CNc2ccccc2S(=O)(=O)C(F)(F)F)o1. The maximum absolute atomic E-state index is 12.8. The third-order valence-electron chi connectivity index (χ3n) is 3.38. The molecule has 1 atom stereocenters. The molecule has 0 saturated carbocycles. The number of furan rings is 1. The van der Waals surface area contributed by atoms with Crippen LogP contribution in [-0.4, -0.2) is 25.6 Å². The number of alkyl halides is 3. The lowest BCUT2D eigenvalue weighted by atomic mass is 10.0. The first-order valence-corrected chi connectivity index (χ1v) is 8.37. The molecule has 1 heterocycles. The van der Waals surface area contributed by atoms with Crippen LogP contribution >= 0.6 is 0 Å². The Kier molecular flexibility index (Phi) is 4.69. The number of rotatable bonds is 5. The van der Waals surface area contributed by atoms with Crippen LogP contribution in [0.2, 0.25) is 0 Å². The number of sulfone groups is 1. The van der Waals surface area contributed by atoms with Gasteiger partial charge in [0.05, 0.1) is 17.1 Å². The Bertz CT molecular complexity index is 825. The minimum atomic E-state index is -5.50. The van der Waals surface area contributed by atoms with E-state index in [2.05, 4.69) is 5.32 Å². The lowest BCUT2D eigenvalue weighted by Gasteiger charge is -2.23. The molecular weight excluding hydrogens is 347 g/mol. The van der Waals surface area contributed by atoms with E-state index >= 15 is 0 Å². The highest BCUT2D eigenvalue weighted by atomic mass is 32.2. The number of nitrogens with one attached hydrogen (secondary N) is 1. The van der Waals surface area contributed by atoms with E-state index in [1.165, 1.54) is 31.2 Å². The van der Waals surface area contributed by atoms with Gasteiger partial charge in [-0.15, -0.1) is 0 Å². The van der Waals surface area contributed by atoms with Gasteiger partial charge >= 0.3 is 5.51 Å². The number of hydrogen-bond donors (Lipinski definition) is 2. The summed E-state index contributed by atoms with van der Waals surface area (Å²) >= 11 is 0. The molecule has 9 heteroatoms. The highest BCUT2D eigenvalue weighted by Crippen LogP contribution is 2.34. The van der Waals surface area contributed by atoms with E-state index in [1.807, 2.05) is 0 Å². The van der Waals surface area contributed by atoms with Gasteiger partial charge in [-0.1, -0.05) is 12.1 Å². The van der Waals surface area contributed by atoms with Gasteiger partial charge in [0, 0.05) is 0 Å². The van der Waals surface area contributed by atoms with E-state index in [0.717, 1.165) is 6.07 Å². The molecule has 2 aromatic rings. The van der Waals surface area contributed by atoms with Crippen molar-refractivity contribution in [3.8, 4) is 0 Å². The Morgan fingerprint density at radius 3 is 2.33 bits per heavy atom. The summed E-state index contributed by atoms with van der Waals surface area (Å²) in [5.41, 5.74) is -7.20. The van der Waals surface area contributed by atoms with Gasteiger partial charge in [-0.2, -0.15) is 13.2 Å². The summed E-state index contributed by atoms with van der Waals surface area (Å²) in [5.74, 6) is 0.772. The van der Waals surface area contributed by atoms with Crippen molar-refractivity contribution in [2.45, 2.75) is 29.9 Å². The van der Waals surface area contributed by atoms with Crippen LogP contribution in [0.25, 0.3) is 0 Å². The van der Waals surface area contributed by atoms with Crippen LogP contribution in [0, 0.1) is 6.92 Å². The zero-order valence-corrected chi connectivity index (χ0v) is 13.7. The molecule has 1 aromatic heterocycles. The molecule has 1 unspecified atom stereocenters.